The number of anilines is 2. The standard InChI is InChI=1S/C25H30N8S2/c1-17-16-20(28-31-23-9-10-24(35-23)33-12-3-4-13-33)6-7-21(17)29-27-19-5-8-22(18(2)15-19)30-32-25-26-11-14-34-25/h5-11,14,19-20,28,31H,3-4,12-13,15-16H2,1-2H3. The van der Waals surface area contributed by atoms with Gasteiger partial charge in [-0.15, -0.1) is 21.6 Å². The SMILES string of the molecule is CC1=C(N=Nc2nccs2)C=CC(N=NC2=C(C)CC(NNc3ccc(N4CCCC4)s3)C=C2)C1. The lowest BCUT2D eigenvalue weighted by atomic mass is 10.00. The molecule has 10 heteroatoms. The van der Waals surface area contributed by atoms with Gasteiger partial charge in [-0.3, -0.25) is 0 Å². The topological polar surface area (TPSA) is 89.6 Å². The molecule has 2 aromatic heterocycles. The van der Waals surface area contributed by atoms with E-state index in [1.807, 2.05) is 17.5 Å². The highest BCUT2D eigenvalue weighted by Gasteiger charge is 2.17. The molecule has 2 N–H and O–H groups in total. The summed E-state index contributed by atoms with van der Waals surface area (Å²) in [5.74, 6) is 0. The fourth-order valence-electron chi connectivity index (χ4n) is 4.26. The highest BCUT2D eigenvalue weighted by molar-refractivity contribution is 7.19. The van der Waals surface area contributed by atoms with Gasteiger partial charge in [-0.05, 0) is 75.0 Å². The minimum Gasteiger partial charge on any atom is -0.363 e. The third-order valence-corrected chi connectivity index (χ3v) is 7.96. The Morgan fingerprint density at radius 2 is 1.77 bits per heavy atom. The van der Waals surface area contributed by atoms with Gasteiger partial charge in [-0.2, -0.15) is 10.2 Å². The molecule has 3 heterocycles. The average molecular weight is 507 g/mol. The van der Waals surface area contributed by atoms with Crippen LogP contribution >= 0.6 is 22.7 Å². The number of hydrogen-bond acceptors (Lipinski definition) is 10. The van der Waals surface area contributed by atoms with E-state index >= 15 is 0 Å². The molecule has 2 aromatic rings. The van der Waals surface area contributed by atoms with Crippen molar-refractivity contribution < 1.29 is 0 Å². The van der Waals surface area contributed by atoms with Gasteiger partial charge in [0.2, 0.25) is 5.13 Å². The van der Waals surface area contributed by atoms with E-state index in [1.54, 1.807) is 17.5 Å². The van der Waals surface area contributed by atoms with E-state index < -0.39 is 0 Å². The molecule has 1 saturated heterocycles. The number of hydrazine groups is 1. The van der Waals surface area contributed by atoms with Crippen LogP contribution in [0, 0.1) is 0 Å². The molecule has 0 aromatic carbocycles. The molecule has 2 unspecified atom stereocenters. The first-order chi connectivity index (χ1) is 17.1. The number of hydrogen-bond donors (Lipinski definition) is 2. The van der Waals surface area contributed by atoms with Gasteiger partial charge in [0.25, 0.3) is 0 Å². The summed E-state index contributed by atoms with van der Waals surface area (Å²) in [6.45, 7) is 6.54. The number of rotatable bonds is 8. The monoisotopic (exact) mass is 506 g/mol. The Labute approximate surface area is 214 Å². The summed E-state index contributed by atoms with van der Waals surface area (Å²) in [6.07, 6.45) is 14.2. The van der Waals surface area contributed by atoms with E-state index in [0.29, 0.717) is 5.13 Å². The molecule has 8 nitrogen and oxygen atoms in total. The van der Waals surface area contributed by atoms with Gasteiger partial charge in [-0.1, -0.05) is 23.5 Å². The molecule has 1 aliphatic heterocycles. The fraction of sp³-hybridized carbons (Fsp3) is 0.400. The van der Waals surface area contributed by atoms with Crippen molar-refractivity contribution in [2.24, 2.45) is 20.5 Å². The molecular weight excluding hydrogens is 476 g/mol. The van der Waals surface area contributed by atoms with E-state index in [-0.39, 0.29) is 12.1 Å². The van der Waals surface area contributed by atoms with Gasteiger partial charge in [0, 0.05) is 30.7 Å². The number of azo groups is 2. The molecule has 3 aliphatic rings. The lowest BCUT2D eigenvalue weighted by Gasteiger charge is -2.20. The maximum absolute atomic E-state index is 4.58. The second kappa shape index (κ2) is 11.2. The van der Waals surface area contributed by atoms with E-state index in [1.165, 1.54) is 47.8 Å². The van der Waals surface area contributed by atoms with Crippen molar-refractivity contribution in [1.29, 1.82) is 0 Å². The van der Waals surface area contributed by atoms with Crippen LogP contribution in [-0.4, -0.2) is 30.2 Å². The molecule has 0 amide bonds. The first-order valence-corrected chi connectivity index (χ1v) is 13.7. The average Bonchev–Trinajstić information content (AvgIpc) is 3.64. The zero-order valence-corrected chi connectivity index (χ0v) is 21.6. The van der Waals surface area contributed by atoms with Crippen LogP contribution in [0.4, 0.5) is 15.1 Å². The Kier molecular flexibility index (Phi) is 7.60. The second-order valence-corrected chi connectivity index (χ2v) is 10.9. The third-order valence-electron chi connectivity index (χ3n) is 6.25. The largest absolute Gasteiger partial charge is 0.363 e. The predicted octanol–water partition coefficient (Wildman–Crippen LogP) is 7.16. The first-order valence-electron chi connectivity index (χ1n) is 12.0. The normalized spacial score (nSPS) is 23.0. The van der Waals surface area contributed by atoms with Crippen LogP contribution in [0.1, 0.15) is 39.5 Å². The van der Waals surface area contributed by atoms with Crippen molar-refractivity contribution in [2.45, 2.75) is 51.6 Å². The zero-order valence-electron chi connectivity index (χ0n) is 20.0. The minimum atomic E-state index is 0.0173. The van der Waals surface area contributed by atoms with Crippen LogP contribution < -0.4 is 15.8 Å². The predicted molar refractivity (Wildman–Crippen MR) is 145 cm³/mol. The van der Waals surface area contributed by atoms with Crippen LogP contribution in [0.25, 0.3) is 0 Å². The fourth-order valence-corrected chi connectivity index (χ4v) is 5.64. The van der Waals surface area contributed by atoms with Gasteiger partial charge in [-0.25, -0.2) is 10.4 Å². The van der Waals surface area contributed by atoms with Crippen molar-refractivity contribution in [1.82, 2.24) is 10.4 Å². The second-order valence-electron chi connectivity index (χ2n) is 8.96. The van der Waals surface area contributed by atoms with Crippen LogP contribution in [0.3, 0.4) is 0 Å². The first kappa shape index (κ1) is 23.8. The van der Waals surface area contributed by atoms with Crippen LogP contribution in [0.15, 0.2) is 91.0 Å². The third kappa shape index (κ3) is 6.19. The van der Waals surface area contributed by atoms with Gasteiger partial charge in [0.1, 0.15) is 5.00 Å². The summed E-state index contributed by atoms with van der Waals surface area (Å²) in [5.41, 5.74) is 11.0. The minimum absolute atomic E-state index is 0.0173. The van der Waals surface area contributed by atoms with Crippen molar-refractivity contribution in [3.63, 3.8) is 0 Å². The maximum Gasteiger partial charge on any atom is 0.229 e. The summed E-state index contributed by atoms with van der Waals surface area (Å²) >= 11 is 3.28. The van der Waals surface area contributed by atoms with Crippen molar-refractivity contribution in [3.8, 4) is 0 Å². The molecule has 0 spiro atoms. The van der Waals surface area contributed by atoms with E-state index in [9.17, 15) is 0 Å². The molecule has 35 heavy (non-hydrogen) atoms. The quantitative estimate of drug-likeness (QED) is 0.293. The number of aromatic nitrogens is 1. The summed E-state index contributed by atoms with van der Waals surface area (Å²) in [4.78, 5) is 6.60. The number of nitrogens with zero attached hydrogens (tertiary/aromatic N) is 6. The molecule has 0 saturated carbocycles. The Morgan fingerprint density at radius 3 is 2.54 bits per heavy atom. The zero-order chi connectivity index (χ0) is 24.0. The van der Waals surface area contributed by atoms with Crippen LogP contribution in [0.5, 0.6) is 0 Å². The van der Waals surface area contributed by atoms with Crippen molar-refractivity contribution in [2.75, 3.05) is 23.4 Å². The smallest absolute Gasteiger partial charge is 0.229 e. The van der Waals surface area contributed by atoms with E-state index in [4.69, 9.17) is 0 Å². The van der Waals surface area contributed by atoms with Gasteiger partial charge in [0.15, 0.2) is 0 Å². The Hall–Kier alpha value is -2.95. The molecule has 182 valence electrons. The number of thiophene rings is 1. The van der Waals surface area contributed by atoms with Crippen LogP contribution in [0.2, 0.25) is 0 Å². The van der Waals surface area contributed by atoms with Gasteiger partial charge < -0.3 is 10.3 Å². The molecular formula is C25H30N8S2. The molecule has 2 atom stereocenters. The molecule has 2 aliphatic carbocycles. The van der Waals surface area contributed by atoms with Crippen molar-refractivity contribution in [3.05, 3.63) is 70.6 Å². The number of allylic oxidation sites excluding steroid dienone is 2. The summed E-state index contributed by atoms with van der Waals surface area (Å²) in [5, 5.41) is 22.7. The highest BCUT2D eigenvalue weighted by atomic mass is 32.1. The lowest BCUT2D eigenvalue weighted by Crippen LogP contribution is -2.33. The highest BCUT2D eigenvalue weighted by Crippen LogP contribution is 2.32. The van der Waals surface area contributed by atoms with Crippen molar-refractivity contribution >= 4 is 37.8 Å². The number of thiazole rings is 1. The number of nitrogens with one attached hydrogen (secondary N) is 2. The maximum atomic E-state index is 4.58. The summed E-state index contributed by atoms with van der Waals surface area (Å²) in [6, 6.07) is 4.60. The molecule has 5 rings (SSSR count). The van der Waals surface area contributed by atoms with Gasteiger partial charge >= 0.3 is 0 Å². The van der Waals surface area contributed by atoms with Crippen LogP contribution in [-0.2, 0) is 0 Å². The Morgan fingerprint density at radius 1 is 0.971 bits per heavy atom. The Balaban J connectivity index is 1.11. The van der Waals surface area contributed by atoms with E-state index in [0.717, 1.165) is 34.8 Å². The lowest BCUT2D eigenvalue weighted by molar-refractivity contribution is 0.639. The Bertz CT molecular complexity index is 1200. The van der Waals surface area contributed by atoms with E-state index in [2.05, 4.69) is 79.3 Å². The molecule has 1 fully saturated rings. The van der Waals surface area contributed by atoms with Gasteiger partial charge in [0.05, 0.1) is 22.4 Å². The molecule has 0 bridgehead atoms. The molecule has 0 radical (unpaired) electrons. The summed E-state index contributed by atoms with van der Waals surface area (Å²) in [7, 11) is 0. The summed E-state index contributed by atoms with van der Waals surface area (Å²) < 4.78 is 0.